The van der Waals surface area contributed by atoms with Crippen LogP contribution in [0.4, 0.5) is 0 Å². The van der Waals surface area contributed by atoms with E-state index in [9.17, 15) is 4.79 Å². The molecule has 1 aromatic rings. The van der Waals surface area contributed by atoms with Crippen molar-refractivity contribution in [3.8, 4) is 0 Å². The maximum atomic E-state index is 10.8. The van der Waals surface area contributed by atoms with Gasteiger partial charge < -0.3 is 10.6 Å². The Morgan fingerprint density at radius 2 is 2.43 bits per heavy atom. The van der Waals surface area contributed by atoms with E-state index in [4.69, 9.17) is 0 Å². The smallest absolute Gasteiger partial charge is 0.221 e. The van der Waals surface area contributed by atoms with E-state index in [-0.39, 0.29) is 5.91 Å². The SMILES string of the molecule is CNC(=O)CCNCc1ncn(C)n1. The first-order valence-electron chi connectivity index (χ1n) is 4.48. The number of aryl methyl sites for hydroxylation is 1. The molecule has 1 amide bonds. The lowest BCUT2D eigenvalue weighted by Crippen LogP contribution is -2.24. The Labute approximate surface area is 82.7 Å². The van der Waals surface area contributed by atoms with Crippen molar-refractivity contribution >= 4 is 5.91 Å². The van der Waals surface area contributed by atoms with E-state index in [2.05, 4.69) is 20.7 Å². The summed E-state index contributed by atoms with van der Waals surface area (Å²) in [5.41, 5.74) is 0. The predicted octanol–water partition coefficient (Wildman–Crippen LogP) is -0.959. The van der Waals surface area contributed by atoms with Gasteiger partial charge in [0.1, 0.15) is 6.33 Å². The second-order valence-electron chi connectivity index (χ2n) is 2.93. The lowest BCUT2D eigenvalue weighted by molar-refractivity contribution is -0.120. The molecule has 0 aliphatic rings. The number of amides is 1. The summed E-state index contributed by atoms with van der Waals surface area (Å²) in [6, 6.07) is 0. The molecule has 1 rings (SSSR count). The second kappa shape index (κ2) is 5.33. The molecule has 0 saturated carbocycles. The molecule has 0 bridgehead atoms. The molecular weight excluding hydrogens is 182 g/mol. The molecule has 6 nitrogen and oxygen atoms in total. The van der Waals surface area contributed by atoms with E-state index in [1.807, 2.05) is 7.05 Å². The minimum atomic E-state index is 0.0338. The van der Waals surface area contributed by atoms with Crippen molar-refractivity contribution in [2.45, 2.75) is 13.0 Å². The number of carbonyl (C=O) groups is 1. The molecule has 0 unspecified atom stereocenters. The number of aromatic nitrogens is 3. The van der Waals surface area contributed by atoms with Crippen molar-refractivity contribution < 1.29 is 4.79 Å². The number of hydrogen-bond donors (Lipinski definition) is 2. The first-order valence-corrected chi connectivity index (χ1v) is 4.48. The lowest BCUT2D eigenvalue weighted by Gasteiger charge is -2.00. The van der Waals surface area contributed by atoms with Crippen LogP contribution in [0, 0.1) is 0 Å². The molecule has 0 saturated heterocycles. The fourth-order valence-corrected chi connectivity index (χ4v) is 0.992. The van der Waals surface area contributed by atoms with Crippen LogP contribution in [0.3, 0.4) is 0 Å². The van der Waals surface area contributed by atoms with Crippen LogP contribution in [0.2, 0.25) is 0 Å². The highest BCUT2D eigenvalue weighted by Crippen LogP contribution is 1.86. The Kier molecular flexibility index (Phi) is 4.06. The Morgan fingerprint density at radius 3 is 3.00 bits per heavy atom. The topological polar surface area (TPSA) is 71.8 Å². The van der Waals surface area contributed by atoms with Crippen LogP contribution >= 0.6 is 0 Å². The largest absolute Gasteiger partial charge is 0.359 e. The molecule has 1 heterocycles. The molecule has 0 spiro atoms. The number of rotatable bonds is 5. The minimum Gasteiger partial charge on any atom is -0.359 e. The van der Waals surface area contributed by atoms with E-state index < -0.39 is 0 Å². The Bertz CT molecular complexity index is 296. The molecule has 6 heteroatoms. The van der Waals surface area contributed by atoms with Crippen molar-refractivity contribution in [3.05, 3.63) is 12.2 Å². The molecule has 78 valence electrons. The highest BCUT2D eigenvalue weighted by molar-refractivity contribution is 5.75. The molecule has 0 aliphatic heterocycles. The molecule has 0 aliphatic carbocycles. The molecule has 0 radical (unpaired) electrons. The van der Waals surface area contributed by atoms with E-state index in [0.29, 0.717) is 19.5 Å². The highest BCUT2D eigenvalue weighted by atomic mass is 16.1. The zero-order chi connectivity index (χ0) is 10.4. The van der Waals surface area contributed by atoms with Gasteiger partial charge in [-0.05, 0) is 0 Å². The molecule has 0 aromatic carbocycles. The summed E-state index contributed by atoms with van der Waals surface area (Å²) >= 11 is 0. The highest BCUT2D eigenvalue weighted by Gasteiger charge is 1.99. The van der Waals surface area contributed by atoms with Crippen molar-refractivity contribution in [2.75, 3.05) is 13.6 Å². The molecule has 2 N–H and O–H groups in total. The van der Waals surface area contributed by atoms with Gasteiger partial charge in [0, 0.05) is 27.1 Å². The fourth-order valence-electron chi connectivity index (χ4n) is 0.992. The predicted molar refractivity (Wildman–Crippen MR) is 51.4 cm³/mol. The number of nitrogens with zero attached hydrogens (tertiary/aromatic N) is 3. The van der Waals surface area contributed by atoms with Gasteiger partial charge in [0.25, 0.3) is 0 Å². The normalized spacial score (nSPS) is 10.1. The van der Waals surface area contributed by atoms with Gasteiger partial charge in [-0.2, -0.15) is 5.10 Å². The summed E-state index contributed by atoms with van der Waals surface area (Å²) in [6.45, 7) is 1.23. The van der Waals surface area contributed by atoms with Gasteiger partial charge in [0.15, 0.2) is 5.82 Å². The van der Waals surface area contributed by atoms with Gasteiger partial charge in [-0.15, -0.1) is 0 Å². The molecule has 0 fully saturated rings. The molecular formula is C8H15N5O. The van der Waals surface area contributed by atoms with Crippen LogP contribution in [0.1, 0.15) is 12.2 Å². The minimum absolute atomic E-state index is 0.0338. The molecule has 0 atom stereocenters. The molecule has 1 aromatic heterocycles. The van der Waals surface area contributed by atoms with E-state index in [1.165, 1.54) is 0 Å². The lowest BCUT2D eigenvalue weighted by atomic mass is 10.4. The average molecular weight is 197 g/mol. The Hall–Kier alpha value is -1.43. The number of hydrogen-bond acceptors (Lipinski definition) is 4. The summed E-state index contributed by atoms with van der Waals surface area (Å²) in [5.74, 6) is 0.774. The second-order valence-corrected chi connectivity index (χ2v) is 2.93. The van der Waals surface area contributed by atoms with Crippen LogP contribution < -0.4 is 10.6 Å². The molecule has 14 heavy (non-hydrogen) atoms. The van der Waals surface area contributed by atoms with Gasteiger partial charge in [0.2, 0.25) is 5.91 Å². The van der Waals surface area contributed by atoms with Crippen molar-refractivity contribution in [2.24, 2.45) is 7.05 Å². The summed E-state index contributed by atoms with van der Waals surface area (Å²) < 4.78 is 1.65. The summed E-state index contributed by atoms with van der Waals surface area (Å²) in [6.07, 6.45) is 2.12. The maximum Gasteiger partial charge on any atom is 0.221 e. The van der Waals surface area contributed by atoms with Gasteiger partial charge in [-0.1, -0.05) is 0 Å². The van der Waals surface area contributed by atoms with Gasteiger partial charge >= 0.3 is 0 Å². The summed E-state index contributed by atoms with van der Waals surface area (Å²) in [7, 11) is 3.45. The van der Waals surface area contributed by atoms with Crippen LogP contribution in [-0.4, -0.2) is 34.3 Å². The Balaban J connectivity index is 2.13. The van der Waals surface area contributed by atoms with Gasteiger partial charge in [0.05, 0.1) is 6.54 Å². The third kappa shape index (κ3) is 3.53. The van der Waals surface area contributed by atoms with Crippen molar-refractivity contribution in [3.63, 3.8) is 0 Å². The van der Waals surface area contributed by atoms with Crippen LogP contribution in [0.5, 0.6) is 0 Å². The van der Waals surface area contributed by atoms with E-state index in [1.54, 1.807) is 18.1 Å². The number of carbonyl (C=O) groups excluding carboxylic acids is 1. The summed E-state index contributed by atoms with van der Waals surface area (Å²) in [4.78, 5) is 14.9. The van der Waals surface area contributed by atoms with Crippen LogP contribution in [-0.2, 0) is 18.4 Å². The quantitative estimate of drug-likeness (QED) is 0.596. The first-order chi connectivity index (χ1) is 6.72. The third-order valence-corrected chi connectivity index (χ3v) is 1.74. The monoisotopic (exact) mass is 197 g/mol. The number of nitrogens with one attached hydrogen (secondary N) is 2. The van der Waals surface area contributed by atoms with Crippen molar-refractivity contribution in [1.82, 2.24) is 25.4 Å². The van der Waals surface area contributed by atoms with Crippen molar-refractivity contribution in [1.29, 1.82) is 0 Å². The van der Waals surface area contributed by atoms with E-state index >= 15 is 0 Å². The van der Waals surface area contributed by atoms with Crippen LogP contribution in [0.15, 0.2) is 6.33 Å². The van der Waals surface area contributed by atoms with Crippen LogP contribution in [0.25, 0.3) is 0 Å². The zero-order valence-corrected chi connectivity index (χ0v) is 8.45. The standard InChI is InChI=1S/C8H15N5O/c1-9-8(14)3-4-10-5-7-11-6-13(2)12-7/h6,10H,3-5H2,1-2H3,(H,9,14). The van der Waals surface area contributed by atoms with Gasteiger partial charge in [-0.3, -0.25) is 9.48 Å². The first kappa shape index (κ1) is 10.6. The Morgan fingerprint density at radius 1 is 1.64 bits per heavy atom. The average Bonchev–Trinajstić information content (AvgIpc) is 2.58. The zero-order valence-electron chi connectivity index (χ0n) is 8.45. The summed E-state index contributed by atoms with van der Waals surface area (Å²) in [5, 5.41) is 9.72. The third-order valence-electron chi connectivity index (χ3n) is 1.74. The fraction of sp³-hybridized carbons (Fsp3) is 0.625. The maximum absolute atomic E-state index is 10.8. The van der Waals surface area contributed by atoms with Gasteiger partial charge in [-0.25, -0.2) is 4.98 Å². The van der Waals surface area contributed by atoms with E-state index in [0.717, 1.165) is 5.82 Å².